The molecule has 0 aromatic carbocycles. The molecule has 4 atom stereocenters. The molecule has 2 heterocycles. The molecule has 3 heteroatoms. The zero-order valence-corrected chi connectivity index (χ0v) is 28.2. The highest BCUT2D eigenvalue weighted by atomic mass is 16.6. The highest BCUT2D eigenvalue weighted by Crippen LogP contribution is 2.27. The van der Waals surface area contributed by atoms with Gasteiger partial charge in [-0.3, -0.25) is 0 Å². The second-order valence-corrected chi connectivity index (χ2v) is 13.8. The van der Waals surface area contributed by atoms with Gasteiger partial charge in [0.1, 0.15) is 0 Å². The first-order valence-electron chi connectivity index (χ1n) is 19.2. The maximum absolute atomic E-state index is 6.81. The lowest BCUT2D eigenvalue weighted by Crippen LogP contribution is -2.25. The van der Waals surface area contributed by atoms with Crippen molar-refractivity contribution in [3.8, 4) is 0 Å². The fourth-order valence-electron chi connectivity index (χ4n) is 6.53. The summed E-state index contributed by atoms with van der Waals surface area (Å²) in [6.07, 6.45) is 43.3. The van der Waals surface area contributed by atoms with Gasteiger partial charge in [0, 0.05) is 12.8 Å². The molecule has 0 saturated carbocycles. The van der Waals surface area contributed by atoms with E-state index < -0.39 is 0 Å². The van der Waals surface area contributed by atoms with Gasteiger partial charge < -0.3 is 14.2 Å². The number of rotatable bonds is 34. The van der Waals surface area contributed by atoms with Crippen LogP contribution in [0.1, 0.15) is 206 Å². The molecule has 3 nitrogen and oxygen atoms in total. The van der Waals surface area contributed by atoms with E-state index >= 15 is 0 Å². The molecule has 2 aliphatic heterocycles. The van der Waals surface area contributed by atoms with Gasteiger partial charge in [0.05, 0.1) is 37.6 Å². The second kappa shape index (κ2) is 27.4. The zero-order valence-electron chi connectivity index (χ0n) is 28.2. The van der Waals surface area contributed by atoms with Crippen LogP contribution < -0.4 is 0 Å². The van der Waals surface area contributed by atoms with Crippen LogP contribution in [0, 0.1) is 0 Å². The first-order chi connectivity index (χ1) is 20.3. The summed E-state index contributed by atoms with van der Waals surface area (Å²) >= 11 is 0. The molecule has 0 aliphatic carbocycles. The van der Waals surface area contributed by atoms with Crippen LogP contribution in [0.4, 0.5) is 0 Å². The van der Waals surface area contributed by atoms with Crippen LogP contribution in [-0.4, -0.2) is 37.6 Å². The summed E-state index contributed by atoms with van der Waals surface area (Å²) in [5.74, 6) is 0. The molecular formula is C38H74O3. The van der Waals surface area contributed by atoms with E-state index in [0.29, 0.717) is 24.4 Å². The van der Waals surface area contributed by atoms with E-state index in [1.807, 2.05) is 0 Å². The van der Waals surface area contributed by atoms with E-state index in [9.17, 15) is 0 Å². The Labute approximate surface area is 258 Å². The number of ether oxygens (including phenoxy) is 3. The van der Waals surface area contributed by atoms with E-state index in [4.69, 9.17) is 14.2 Å². The Hall–Kier alpha value is -0.120. The van der Waals surface area contributed by atoms with E-state index in [0.717, 1.165) is 26.1 Å². The van der Waals surface area contributed by atoms with Gasteiger partial charge in [0.2, 0.25) is 0 Å². The van der Waals surface area contributed by atoms with Crippen molar-refractivity contribution in [2.24, 2.45) is 0 Å². The van der Waals surface area contributed by atoms with Crippen molar-refractivity contribution in [1.82, 2.24) is 0 Å². The van der Waals surface area contributed by atoms with Gasteiger partial charge in [-0.05, 0) is 12.8 Å². The predicted octanol–water partition coefficient (Wildman–Crippen LogP) is 12.3. The van der Waals surface area contributed by atoms with Crippen LogP contribution in [0.2, 0.25) is 0 Å². The van der Waals surface area contributed by atoms with Gasteiger partial charge in [-0.15, -0.1) is 0 Å². The fourth-order valence-corrected chi connectivity index (χ4v) is 6.53. The molecule has 0 amide bonds. The smallest absolute Gasteiger partial charge is 0.0834 e. The van der Waals surface area contributed by atoms with Crippen LogP contribution in [0.25, 0.3) is 0 Å². The predicted molar refractivity (Wildman–Crippen MR) is 178 cm³/mol. The van der Waals surface area contributed by atoms with Crippen molar-refractivity contribution >= 4 is 0 Å². The molecule has 0 bridgehead atoms. The van der Waals surface area contributed by atoms with Crippen LogP contribution in [0.15, 0.2) is 0 Å². The van der Waals surface area contributed by atoms with Gasteiger partial charge >= 0.3 is 0 Å². The number of hydrogen-bond acceptors (Lipinski definition) is 3. The van der Waals surface area contributed by atoms with Gasteiger partial charge in [-0.2, -0.15) is 0 Å². The lowest BCUT2D eigenvalue weighted by molar-refractivity contribution is -0.0359. The van der Waals surface area contributed by atoms with Crippen molar-refractivity contribution in [2.75, 3.05) is 13.2 Å². The molecule has 244 valence electrons. The monoisotopic (exact) mass is 579 g/mol. The lowest BCUT2D eigenvalue weighted by atomic mass is 10.0. The van der Waals surface area contributed by atoms with Gasteiger partial charge in [-0.25, -0.2) is 0 Å². The summed E-state index contributed by atoms with van der Waals surface area (Å²) in [7, 11) is 0. The third-order valence-electron chi connectivity index (χ3n) is 9.50. The summed E-state index contributed by atoms with van der Waals surface area (Å²) < 4.78 is 18.0. The molecule has 0 radical (unpaired) electrons. The zero-order chi connectivity index (χ0) is 29.1. The van der Waals surface area contributed by atoms with Crippen molar-refractivity contribution in [3.05, 3.63) is 0 Å². The van der Waals surface area contributed by atoms with Gasteiger partial charge in [-0.1, -0.05) is 181 Å². The highest BCUT2D eigenvalue weighted by Gasteiger charge is 2.31. The van der Waals surface area contributed by atoms with E-state index in [1.165, 1.54) is 180 Å². The summed E-state index contributed by atoms with van der Waals surface area (Å²) in [5.41, 5.74) is 0. The van der Waals surface area contributed by atoms with Gasteiger partial charge in [0.15, 0.2) is 0 Å². The van der Waals surface area contributed by atoms with Crippen molar-refractivity contribution < 1.29 is 14.2 Å². The quantitative estimate of drug-likeness (QED) is 0.0562. The van der Waals surface area contributed by atoms with Crippen molar-refractivity contribution in [2.45, 2.75) is 231 Å². The molecule has 4 unspecified atom stereocenters. The maximum atomic E-state index is 6.81. The Morgan fingerprint density at radius 2 is 0.659 bits per heavy atom. The Kier molecular flexibility index (Phi) is 24.8. The van der Waals surface area contributed by atoms with Crippen LogP contribution in [0.3, 0.4) is 0 Å². The number of hydrogen-bond donors (Lipinski definition) is 0. The van der Waals surface area contributed by atoms with Crippen LogP contribution in [0.5, 0.6) is 0 Å². The average molecular weight is 579 g/mol. The molecule has 0 aromatic heterocycles. The van der Waals surface area contributed by atoms with E-state index in [1.54, 1.807) is 0 Å². The SMILES string of the molecule is CCCCCCCCCCCCCCCC(CC1CO1)OC(CCCCCCCCCCCCCCC)CC1CO1. The summed E-state index contributed by atoms with van der Waals surface area (Å²) in [5, 5.41) is 0. The minimum Gasteiger partial charge on any atom is -0.375 e. The fraction of sp³-hybridized carbons (Fsp3) is 1.00. The minimum absolute atomic E-state index is 0.390. The topological polar surface area (TPSA) is 34.3 Å². The Morgan fingerprint density at radius 3 is 0.902 bits per heavy atom. The molecule has 0 aromatic rings. The second-order valence-electron chi connectivity index (χ2n) is 13.8. The Bertz CT molecular complexity index is 484. The molecule has 2 aliphatic rings. The normalized spacial score (nSPS) is 19.5. The first-order valence-corrected chi connectivity index (χ1v) is 19.2. The maximum Gasteiger partial charge on any atom is 0.0834 e. The molecule has 2 fully saturated rings. The standard InChI is InChI=1S/C38H74O3/c1-3-5-7-9-11-13-15-17-19-21-23-25-27-29-35(31-37-33-39-37)41-36(32-38-34-40-38)30-28-26-24-22-20-18-16-14-12-10-8-6-4-2/h35-38H,3-34H2,1-2H3. The number of unbranched alkanes of at least 4 members (excludes halogenated alkanes) is 24. The summed E-state index contributed by atoms with van der Waals surface area (Å²) in [6.45, 7) is 6.51. The minimum atomic E-state index is 0.390. The molecule has 0 spiro atoms. The molecule has 41 heavy (non-hydrogen) atoms. The molecule has 2 saturated heterocycles. The van der Waals surface area contributed by atoms with Crippen LogP contribution >= 0.6 is 0 Å². The number of epoxide rings is 2. The molecular weight excluding hydrogens is 504 g/mol. The summed E-state index contributed by atoms with van der Waals surface area (Å²) in [4.78, 5) is 0. The first kappa shape index (κ1) is 37.1. The molecule has 2 rings (SSSR count). The average Bonchev–Trinajstić information content (AvgIpc) is 3.91. The lowest BCUT2D eigenvalue weighted by Gasteiger charge is -2.25. The Morgan fingerprint density at radius 1 is 0.415 bits per heavy atom. The van der Waals surface area contributed by atoms with Crippen LogP contribution in [-0.2, 0) is 14.2 Å². The molecule has 0 N–H and O–H groups in total. The summed E-state index contributed by atoms with van der Waals surface area (Å²) in [6, 6.07) is 0. The van der Waals surface area contributed by atoms with E-state index in [-0.39, 0.29) is 0 Å². The third kappa shape index (κ3) is 25.0. The third-order valence-corrected chi connectivity index (χ3v) is 9.50. The van der Waals surface area contributed by atoms with Gasteiger partial charge in [0.25, 0.3) is 0 Å². The largest absolute Gasteiger partial charge is 0.375 e. The van der Waals surface area contributed by atoms with Crippen molar-refractivity contribution in [1.29, 1.82) is 0 Å². The van der Waals surface area contributed by atoms with Crippen molar-refractivity contribution in [3.63, 3.8) is 0 Å². The highest BCUT2D eigenvalue weighted by molar-refractivity contribution is 4.79. The van der Waals surface area contributed by atoms with E-state index in [2.05, 4.69) is 13.8 Å². The Balaban J connectivity index is 1.47.